The Morgan fingerprint density at radius 1 is 1.39 bits per heavy atom. The molecule has 0 aromatic rings. The van der Waals surface area contributed by atoms with Crippen LogP contribution in [0.2, 0.25) is 0 Å². The molecule has 0 radical (unpaired) electrons. The molecule has 1 saturated carbocycles. The molecule has 0 bridgehead atoms. The Morgan fingerprint density at radius 2 is 2.00 bits per heavy atom. The van der Waals surface area contributed by atoms with Gasteiger partial charge in [0.05, 0.1) is 12.2 Å². The summed E-state index contributed by atoms with van der Waals surface area (Å²) in [6.45, 7) is 5.99. The summed E-state index contributed by atoms with van der Waals surface area (Å²) < 4.78 is 5.73. The van der Waals surface area contributed by atoms with Crippen LogP contribution in [0.3, 0.4) is 0 Å². The molecular formula is C13H24N2O3. The quantitative estimate of drug-likeness (QED) is 0.778. The van der Waals surface area contributed by atoms with Crippen LogP contribution in [0.1, 0.15) is 33.1 Å². The van der Waals surface area contributed by atoms with Crippen LogP contribution in [0.25, 0.3) is 0 Å². The number of carboxylic acids is 1. The zero-order valence-corrected chi connectivity index (χ0v) is 11.5. The molecular weight excluding hydrogens is 232 g/mol. The molecule has 0 aromatic heterocycles. The van der Waals surface area contributed by atoms with Gasteiger partial charge < -0.3 is 15.2 Å². The van der Waals surface area contributed by atoms with Crippen molar-refractivity contribution in [2.45, 2.75) is 56.9 Å². The van der Waals surface area contributed by atoms with Gasteiger partial charge in [0.15, 0.2) is 0 Å². The number of carbonyl (C=O) groups is 1. The Kier molecular flexibility index (Phi) is 3.94. The fourth-order valence-corrected chi connectivity index (χ4v) is 3.38. The van der Waals surface area contributed by atoms with Crippen LogP contribution < -0.4 is 5.32 Å². The Hall–Kier alpha value is -0.650. The number of morpholine rings is 1. The first-order valence-electron chi connectivity index (χ1n) is 6.78. The molecule has 0 aromatic carbocycles. The van der Waals surface area contributed by atoms with Gasteiger partial charge in [-0.25, -0.2) is 0 Å². The summed E-state index contributed by atoms with van der Waals surface area (Å²) in [6.07, 6.45) is 2.83. The van der Waals surface area contributed by atoms with Crippen molar-refractivity contribution in [1.29, 1.82) is 0 Å². The molecule has 0 spiro atoms. The van der Waals surface area contributed by atoms with E-state index in [4.69, 9.17) is 4.74 Å². The van der Waals surface area contributed by atoms with E-state index in [1.807, 2.05) is 0 Å². The average Bonchev–Trinajstić information content (AvgIpc) is 2.73. The van der Waals surface area contributed by atoms with Crippen LogP contribution >= 0.6 is 0 Å². The molecule has 4 unspecified atom stereocenters. The molecule has 1 saturated heterocycles. The molecule has 5 nitrogen and oxygen atoms in total. The molecule has 104 valence electrons. The van der Waals surface area contributed by atoms with Gasteiger partial charge in [-0.15, -0.1) is 0 Å². The third-order valence-corrected chi connectivity index (χ3v) is 4.34. The molecule has 18 heavy (non-hydrogen) atoms. The highest BCUT2D eigenvalue weighted by molar-refractivity contribution is 5.79. The monoisotopic (exact) mass is 256 g/mol. The standard InChI is InChI=1S/C13H24N2O3/c1-9-7-15(8-10(2)18-9)11-4-5-13(6-11,14-3)12(16)17/h9-11,14H,4-8H2,1-3H3,(H,16,17). The third kappa shape index (κ3) is 2.53. The fourth-order valence-electron chi connectivity index (χ4n) is 3.38. The molecule has 2 fully saturated rings. The summed E-state index contributed by atoms with van der Waals surface area (Å²) in [4.78, 5) is 13.8. The second-order valence-corrected chi connectivity index (χ2v) is 5.75. The lowest BCUT2D eigenvalue weighted by molar-refractivity contribution is -0.144. The molecule has 1 heterocycles. The number of nitrogens with one attached hydrogen (secondary N) is 1. The van der Waals surface area contributed by atoms with Gasteiger partial charge in [-0.05, 0) is 40.2 Å². The number of hydrogen-bond acceptors (Lipinski definition) is 4. The SMILES string of the molecule is CNC1(C(=O)O)CCC(N2CC(C)OC(C)C2)C1. The van der Waals surface area contributed by atoms with Crippen molar-refractivity contribution in [3.8, 4) is 0 Å². The number of carboxylic acid groups (broad SMARTS) is 1. The van der Waals surface area contributed by atoms with Crippen LogP contribution in [0, 0.1) is 0 Å². The van der Waals surface area contributed by atoms with E-state index in [1.165, 1.54) is 0 Å². The number of ether oxygens (including phenoxy) is 1. The highest BCUT2D eigenvalue weighted by Gasteiger charge is 2.46. The second-order valence-electron chi connectivity index (χ2n) is 5.75. The van der Waals surface area contributed by atoms with Crippen molar-refractivity contribution in [2.75, 3.05) is 20.1 Å². The van der Waals surface area contributed by atoms with E-state index in [2.05, 4.69) is 24.1 Å². The number of nitrogens with zero attached hydrogens (tertiary/aromatic N) is 1. The molecule has 2 aliphatic rings. The Balaban J connectivity index is 2.02. The van der Waals surface area contributed by atoms with E-state index >= 15 is 0 Å². The van der Waals surface area contributed by atoms with Crippen LogP contribution in [0.4, 0.5) is 0 Å². The van der Waals surface area contributed by atoms with Gasteiger partial charge in [0.1, 0.15) is 5.54 Å². The number of rotatable bonds is 3. The molecule has 1 aliphatic carbocycles. The zero-order valence-electron chi connectivity index (χ0n) is 11.5. The van der Waals surface area contributed by atoms with Gasteiger partial charge in [-0.2, -0.15) is 0 Å². The highest BCUT2D eigenvalue weighted by Crippen LogP contribution is 2.34. The fraction of sp³-hybridized carbons (Fsp3) is 0.923. The maximum atomic E-state index is 11.4. The van der Waals surface area contributed by atoms with Gasteiger partial charge in [-0.1, -0.05) is 0 Å². The summed E-state index contributed by atoms with van der Waals surface area (Å²) in [5.74, 6) is -0.721. The largest absolute Gasteiger partial charge is 0.480 e. The Labute approximate surface area is 108 Å². The van der Waals surface area contributed by atoms with E-state index in [0.29, 0.717) is 18.9 Å². The van der Waals surface area contributed by atoms with E-state index in [0.717, 1.165) is 19.5 Å². The Bertz CT molecular complexity index is 313. The van der Waals surface area contributed by atoms with Crippen molar-refractivity contribution >= 4 is 5.97 Å². The van der Waals surface area contributed by atoms with Gasteiger partial charge in [0, 0.05) is 19.1 Å². The predicted octanol–water partition coefficient (Wildman–Crippen LogP) is 0.691. The molecule has 1 aliphatic heterocycles. The summed E-state index contributed by atoms with van der Waals surface area (Å²) in [6, 6.07) is 0.363. The van der Waals surface area contributed by atoms with Crippen molar-refractivity contribution in [2.24, 2.45) is 0 Å². The molecule has 0 amide bonds. The van der Waals surface area contributed by atoms with Crippen LogP contribution in [-0.2, 0) is 9.53 Å². The molecule has 5 heteroatoms. The van der Waals surface area contributed by atoms with Gasteiger partial charge in [-0.3, -0.25) is 9.69 Å². The lowest BCUT2D eigenvalue weighted by Crippen LogP contribution is -2.52. The summed E-state index contributed by atoms with van der Waals surface area (Å²) in [5.41, 5.74) is -0.727. The molecule has 4 atom stereocenters. The van der Waals surface area contributed by atoms with Gasteiger partial charge >= 0.3 is 5.97 Å². The minimum absolute atomic E-state index is 0.239. The third-order valence-electron chi connectivity index (χ3n) is 4.34. The van der Waals surface area contributed by atoms with Crippen molar-refractivity contribution in [3.05, 3.63) is 0 Å². The van der Waals surface area contributed by atoms with Crippen LogP contribution in [0.5, 0.6) is 0 Å². The van der Waals surface area contributed by atoms with Crippen molar-refractivity contribution in [3.63, 3.8) is 0 Å². The minimum atomic E-state index is -0.727. The van der Waals surface area contributed by atoms with E-state index < -0.39 is 11.5 Å². The summed E-state index contributed by atoms with van der Waals surface area (Å²) in [5, 5.41) is 12.4. The predicted molar refractivity (Wildman–Crippen MR) is 68.6 cm³/mol. The number of aliphatic carboxylic acids is 1. The first kappa shape index (κ1) is 13.8. The lowest BCUT2D eigenvalue weighted by atomic mass is 9.97. The number of likely N-dealkylation sites (N-methyl/N-ethyl adjacent to an activating group) is 1. The maximum Gasteiger partial charge on any atom is 0.323 e. The highest BCUT2D eigenvalue weighted by atomic mass is 16.5. The first-order chi connectivity index (χ1) is 8.47. The minimum Gasteiger partial charge on any atom is -0.480 e. The van der Waals surface area contributed by atoms with Gasteiger partial charge in [0.2, 0.25) is 0 Å². The smallest absolute Gasteiger partial charge is 0.323 e. The topological polar surface area (TPSA) is 61.8 Å². The first-order valence-corrected chi connectivity index (χ1v) is 6.78. The van der Waals surface area contributed by atoms with E-state index in [-0.39, 0.29) is 12.2 Å². The van der Waals surface area contributed by atoms with Crippen molar-refractivity contribution < 1.29 is 14.6 Å². The number of hydrogen-bond donors (Lipinski definition) is 2. The van der Waals surface area contributed by atoms with E-state index in [9.17, 15) is 9.90 Å². The van der Waals surface area contributed by atoms with Crippen molar-refractivity contribution in [1.82, 2.24) is 10.2 Å². The molecule has 2 rings (SSSR count). The van der Waals surface area contributed by atoms with Crippen LogP contribution in [0.15, 0.2) is 0 Å². The maximum absolute atomic E-state index is 11.4. The lowest BCUT2D eigenvalue weighted by Gasteiger charge is -2.39. The Morgan fingerprint density at radius 3 is 2.44 bits per heavy atom. The normalized spacial score (nSPS) is 42.1. The van der Waals surface area contributed by atoms with Gasteiger partial charge in [0.25, 0.3) is 0 Å². The average molecular weight is 256 g/mol. The molecule has 2 N–H and O–H groups in total. The summed E-state index contributed by atoms with van der Waals surface area (Å²) >= 11 is 0. The second kappa shape index (κ2) is 5.15. The van der Waals surface area contributed by atoms with Crippen LogP contribution in [-0.4, -0.2) is 59.9 Å². The zero-order chi connectivity index (χ0) is 13.3. The van der Waals surface area contributed by atoms with E-state index in [1.54, 1.807) is 7.05 Å². The summed E-state index contributed by atoms with van der Waals surface area (Å²) in [7, 11) is 1.75.